The highest BCUT2D eigenvalue weighted by atomic mass is 16.5. The third-order valence-electron chi connectivity index (χ3n) is 4.30. The zero-order chi connectivity index (χ0) is 18.0. The Hall–Kier alpha value is -2.60. The van der Waals surface area contributed by atoms with Gasteiger partial charge in [-0.05, 0) is 19.4 Å². The molecule has 0 radical (unpaired) electrons. The van der Waals surface area contributed by atoms with Crippen LogP contribution >= 0.6 is 0 Å². The minimum absolute atomic E-state index is 0.113. The molecule has 3 rings (SSSR count). The van der Waals surface area contributed by atoms with Crippen molar-refractivity contribution < 1.29 is 23.8 Å². The molecular weight excluding hydrogens is 322 g/mol. The van der Waals surface area contributed by atoms with E-state index in [2.05, 4.69) is 0 Å². The quantitative estimate of drug-likeness (QED) is 0.923. The van der Waals surface area contributed by atoms with Gasteiger partial charge >= 0.3 is 5.97 Å². The standard InChI is InChI=1S/C19H21NO5/c1-12-11-24-15(8-17(21)22)18(12)19(23)20-9-13(2)25-16(10-20)14-6-4-3-5-7-14/h3-7,11,13,16H,8-10H2,1-2H3,(H,21,22). The number of amides is 1. The summed E-state index contributed by atoms with van der Waals surface area (Å²) in [6.07, 6.45) is 0.808. The highest BCUT2D eigenvalue weighted by Crippen LogP contribution is 2.28. The second-order valence-electron chi connectivity index (χ2n) is 6.34. The van der Waals surface area contributed by atoms with Crippen LogP contribution in [0.1, 0.15) is 40.3 Å². The molecule has 2 atom stereocenters. The van der Waals surface area contributed by atoms with Crippen LogP contribution < -0.4 is 0 Å². The van der Waals surface area contributed by atoms with Crippen LogP contribution in [0.2, 0.25) is 0 Å². The van der Waals surface area contributed by atoms with Crippen LogP contribution in [0.3, 0.4) is 0 Å². The van der Waals surface area contributed by atoms with Crippen molar-refractivity contribution in [1.29, 1.82) is 0 Å². The predicted molar refractivity (Wildman–Crippen MR) is 90.4 cm³/mol. The molecule has 1 fully saturated rings. The molecule has 1 aliphatic rings. The van der Waals surface area contributed by atoms with Gasteiger partial charge in [0.15, 0.2) is 0 Å². The second kappa shape index (κ2) is 7.11. The zero-order valence-corrected chi connectivity index (χ0v) is 14.3. The highest BCUT2D eigenvalue weighted by molar-refractivity contribution is 5.97. The fourth-order valence-corrected chi connectivity index (χ4v) is 3.18. The lowest BCUT2D eigenvalue weighted by Crippen LogP contribution is -2.46. The fourth-order valence-electron chi connectivity index (χ4n) is 3.18. The Bertz CT molecular complexity index is 767. The summed E-state index contributed by atoms with van der Waals surface area (Å²) >= 11 is 0. The maximum atomic E-state index is 13.0. The van der Waals surface area contributed by atoms with Gasteiger partial charge in [0.05, 0.1) is 24.5 Å². The van der Waals surface area contributed by atoms with Gasteiger partial charge in [-0.1, -0.05) is 30.3 Å². The molecule has 1 amide bonds. The Morgan fingerprint density at radius 2 is 1.96 bits per heavy atom. The molecular formula is C19H21NO5. The summed E-state index contributed by atoms with van der Waals surface area (Å²) in [6.45, 7) is 4.56. The number of hydrogen-bond donors (Lipinski definition) is 1. The number of benzene rings is 1. The van der Waals surface area contributed by atoms with Crippen LogP contribution in [0.5, 0.6) is 0 Å². The summed E-state index contributed by atoms with van der Waals surface area (Å²) in [5.74, 6) is -1.04. The summed E-state index contributed by atoms with van der Waals surface area (Å²) in [4.78, 5) is 25.8. The Kier molecular flexibility index (Phi) is 4.90. The Morgan fingerprint density at radius 3 is 2.64 bits per heavy atom. The number of aryl methyl sites for hydroxylation is 1. The van der Waals surface area contributed by atoms with Gasteiger partial charge in [-0.15, -0.1) is 0 Å². The normalized spacial score (nSPS) is 20.5. The molecule has 2 aromatic rings. The molecule has 132 valence electrons. The van der Waals surface area contributed by atoms with E-state index in [9.17, 15) is 9.59 Å². The third-order valence-corrected chi connectivity index (χ3v) is 4.30. The summed E-state index contributed by atoms with van der Waals surface area (Å²) in [5.41, 5.74) is 2.02. The first-order valence-electron chi connectivity index (χ1n) is 8.24. The minimum Gasteiger partial charge on any atom is -0.481 e. The van der Waals surface area contributed by atoms with Gasteiger partial charge in [-0.25, -0.2) is 0 Å². The molecule has 1 aromatic carbocycles. The smallest absolute Gasteiger partial charge is 0.311 e. The maximum absolute atomic E-state index is 13.0. The van der Waals surface area contributed by atoms with E-state index in [0.29, 0.717) is 24.2 Å². The molecule has 1 aromatic heterocycles. The maximum Gasteiger partial charge on any atom is 0.311 e. The molecule has 6 nitrogen and oxygen atoms in total. The lowest BCUT2D eigenvalue weighted by atomic mass is 10.0. The van der Waals surface area contributed by atoms with E-state index >= 15 is 0 Å². The number of ether oxygens (including phenoxy) is 1. The van der Waals surface area contributed by atoms with Crippen molar-refractivity contribution in [3.63, 3.8) is 0 Å². The molecule has 6 heteroatoms. The Morgan fingerprint density at radius 1 is 1.24 bits per heavy atom. The Balaban J connectivity index is 1.84. The molecule has 25 heavy (non-hydrogen) atoms. The van der Waals surface area contributed by atoms with Crippen molar-refractivity contribution in [3.05, 3.63) is 59.0 Å². The van der Waals surface area contributed by atoms with Gasteiger partial charge < -0.3 is 19.2 Å². The van der Waals surface area contributed by atoms with E-state index in [1.54, 1.807) is 11.8 Å². The number of furan rings is 1. The van der Waals surface area contributed by atoms with Gasteiger partial charge in [-0.3, -0.25) is 9.59 Å². The van der Waals surface area contributed by atoms with E-state index in [1.807, 2.05) is 37.3 Å². The molecule has 2 heterocycles. The highest BCUT2D eigenvalue weighted by Gasteiger charge is 2.32. The first-order valence-corrected chi connectivity index (χ1v) is 8.24. The summed E-state index contributed by atoms with van der Waals surface area (Å²) in [6, 6.07) is 9.77. The number of rotatable bonds is 4. The SMILES string of the molecule is Cc1coc(CC(=O)O)c1C(=O)N1CC(C)OC(c2ccccc2)C1. The van der Waals surface area contributed by atoms with E-state index in [1.165, 1.54) is 6.26 Å². The number of carbonyl (C=O) groups is 2. The first-order chi connectivity index (χ1) is 12.0. The van der Waals surface area contributed by atoms with Crippen LogP contribution in [0.15, 0.2) is 41.0 Å². The molecule has 0 aliphatic carbocycles. The second-order valence-corrected chi connectivity index (χ2v) is 6.34. The lowest BCUT2D eigenvalue weighted by molar-refractivity contribution is -0.136. The Labute approximate surface area is 146 Å². The number of hydrogen-bond acceptors (Lipinski definition) is 4. The van der Waals surface area contributed by atoms with Gasteiger partial charge in [0.2, 0.25) is 0 Å². The van der Waals surface area contributed by atoms with Gasteiger partial charge in [0.25, 0.3) is 5.91 Å². The van der Waals surface area contributed by atoms with Crippen molar-refractivity contribution in [1.82, 2.24) is 4.90 Å². The summed E-state index contributed by atoms with van der Waals surface area (Å²) in [7, 11) is 0. The van der Waals surface area contributed by atoms with Crippen molar-refractivity contribution in [3.8, 4) is 0 Å². The van der Waals surface area contributed by atoms with E-state index in [-0.39, 0.29) is 30.3 Å². The summed E-state index contributed by atoms with van der Waals surface area (Å²) < 4.78 is 11.3. The average Bonchev–Trinajstić information content (AvgIpc) is 2.94. The average molecular weight is 343 g/mol. The molecule has 0 bridgehead atoms. The zero-order valence-electron chi connectivity index (χ0n) is 14.3. The molecule has 1 aliphatic heterocycles. The number of morpholine rings is 1. The van der Waals surface area contributed by atoms with E-state index in [0.717, 1.165) is 5.56 Å². The van der Waals surface area contributed by atoms with Crippen LogP contribution in [0, 0.1) is 6.92 Å². The van der Waals surface area contributed by atoms with Crippen LogP contribution in [0.25, 0.3) is 0 Å². The van der Waals surface area contributed by atoms with Crippen LogP contribution in [0.4, 0.5) is 0 Å². The molecule has 0 spiro atoms. The largest absolute Gasteiger partial charge is 0.481 e. The third kappa shape index (κ3) is 3.74. The van der Waals surface area contributed by atoms with Gasteiger partial charge in [0, 0.05) is 12.1 Å². The predicted octanol–water partition coefficient (Wildman–Crippen LogP) is 2.82. The number of nitrogens with zero attached hydrogens (tertiary/aromatic N) is 1. The molecule has 1 saturated heterocycles. The summed E-state index contributed by atoms with van der Waals surface area (Å²) in [5, 5.41) is 9.02. The van der Waals surface area contributed by atoms with E-state index < -0.39 is 5.97 Å². The molecule has 0 saturated carbocycles. The monoisotopic (exact) mass is 343 g/mol. The molecule has 2 unspecified atom stereocenters. The lowest BCUT2D eigenvalue weighted by Gasteiger charge is -2.37. The minimum atomic E-state index is -1.03. The van der Waals surface area contributed by atoms with Crippen molar-refractivity contribution in [2.75, 3.05) is 13.1 Å². The van der Waals surface area contributed by atoms with Gasteiger partial charge in [0.1, 0.15) is 18.3 Å². The first kappa shape index (κ1) is 17.2. The van der Waals surface area contributed by atoms with Crippen LogP contribution in [-0.4, -0.2) is 41.1 Å². The molecule has 1 N–H and O–H groups in total. The number of carboxylic acid groups (broad SMARTS) is 1. The van der Waals surface area contributed by atoms with Gasteiger partial charge in [-0.2, -0.15) is 0 Å². The van der Waals surface area contributed by atoms with Crippen molar-refractivity contribution >= 4 is 11.9 Å². The van der Waals surface area contributed by atoms with E-state index in [4.69, 9.17) is 14.3 Å². The number of aliphatic carboxylic acids is 1. The number of carbonyl (C=O) groups excluding carboxylic acids is 1. The fraction of sp³-hybridized carbons (Fsp3) is 0.368. The van der Waals surface area contributed by atoms with Crippen molar-refractivity contribution in [2.45, 2.75) is 32.5 Å². The number of carboxylic acids is 1. The van der Waals surface area contributed by atoms with Crippen molar-refractivity contribution in [2.24, 2.45) is 0 Å². The topological polar surface area (TPSA) is 80.0 Å². The van der Waals surface area contributed by atoms with Crippen LogP contribution in [-0.2, 0) is 16.0 Å².